The van der Waals surface area contributed by atoms with Crippen LogP contribution in [-0.2, 0) is 4.74 Å². The standard InChI is InChI=1S/C18H31N3O3/c1-12-9-17(16(5)24-12)15(4)20-18(22)19-7-6-8-21-10-13(2)23-14(3)11-21/h9,13-15H,6-8,10-11H2,1-5H3,(H2,19,20,22)/t13-,14-,15+/m1/s1. The van der Waals surface area contributed by atoms with Gasteiger partial charge in [-0.05, 0) is 47.1 Å². The fourth-order valence-electron chi connectivity index (χ4n) is 3.38. The number of carbonyl (C=O) groups excluding carboxylic acids is 1. The average molecular weight is 337 g/mol. The Hall–Kier alpha value is -1.53. The normalized spacial score (nSPS) is 23.0. The van der Waals surface area contributed by atoms with Crippen LogP contribution in [0.4, 0.5) is 4.79 Å². The zero-order valence-corrected chi connectivity index (χ0v) is 15.5. The summed E-state index contributed by atoms with van der Waals surface area (Å²) in [6.45, 7) is 13.6. The van der Waals surface area contributed by atoms with Gasteiger partial charge in [0.1, 0.15) is 11.5 Å². The van der Waals surface area contributed by atoms with Crippen molar-refractivity contribution in [3.8, 4) is 0 Å². The lowest BCUT2D eigenvalue weighted by atomic mass is 10.1. The molecule has 0 radical (unpaired) electrons. The highest BCUT2D eigenvalue weighted by Crippen LogP contribution is 2.20. The number of ether oxygens (including phenoxy) is 1. The molecule has 6 nitrogen and oxygen atoms in total. The number of hydrogen-bond donors (Lipinski definition) is 2. The summed E-state index contributed by atoms with van der Waals surface area (Å²) in [7, 11) is 0. The zero-order valence-electron chi connectivity index (χ0n) is 15.5. The molecule has 0 aliphatic carbocycles. The van der Waals surface area contributed by atoms with E-state index in [9.17, 15) is 4.79 Å². The maximum atomic E-state index is 12.0. The largest absolute Gasteiger partial charge is 0.466 e. The molecule has 0 bridgehead atoms. The second-order valence-corrected chi connectivity index (χ2v) is 6.86. The highest BCUT2D eigenvalue weighted by atomic mass is 16.5. The smallest absolute Gasteiger partial charge is 0.315 e. The quantitative estimate of drug-likeness (QED) is 0.783. The van der Waals surface area contributed by atoms with E-state index < -0.39 is 0 Å². The molecule has 136 valence electrons. The molecule has 0 spiro atoms. The number of nitrogens with one attached hydrogen (secondary N) is 2. The summed E-state index contributed by atoms with van der Waals surface area (Å²) in [6, 6.07) is 1.77. The summed E-state index contributed by atoms with van der Waals surface area (Å²) in [5.74, 6) is 1.72. The first-order chi connectivity index (χ1) is 11.3. The number of furan rings is 1. The van der Waals surface area contributed by atoms with E-state index in [1.807, 2.05) is 26.8 Å². The van der Waals surface area contributed by atoms with Crippen molar-refractivity contribution in [3.63, 3.8) is 0 Å². The van der Waals surface area contributed by atoms with Gasteiger partial charge in [0.2, 0.25) is 0 Å². The van der Waals surface area contributed by atoms with Gasteiger partial charge in [0.05, 0.1) is 18.2 Å². The van der Waals surface area contributed by atoms with Gasteiger partial charge >= 0.3 is 6.03 Å². The number of urea groups is 1. The molecule has 2 N–H and O–H groups in total. The van der Waals surface area contributed by atoms with Gasteiger partial charge in [0, 0.05) is 31.7 Å². The molecule has 1 aromatic rings. The van der Waals surface area contributed by atoms with Crippen LogP contribution >= 0.6 is 0 Å². The number of nitrogens with zero attached hydrogens (tertiary/aromatic N) is 1. The van der Waals surface area contributed by atoms with Crippen molar-refractivity contribution in [1.29, 1.82) is 0 Å². The summed E-state index contributed by atoms with van der Waals surface area (Å²) in [4.78, 5) is 14.4. The molecule has 2 heterocycles. The third-order valence-corrected chi connectivity index (χ3v) is 4.33. The van der Waals surface area contributed by atoms with Crippen molar-refractivity contribution < 1.29 is 13.9 Å². The van der Waals surface area contributed by atoms with Gasteiger partial charge in [-0.1, -0.05) is 0 Å². The summed E-state index contributed by atoms with van der Waals surface area (Å²) in [5.41, 5.74) is 1.03. The minimum atomic E-state index is -0.135. The topological polar surface area (TPSA) is 66.7 Å². The molecule has 3 atom stereocenters. The number of hydrogen-bond acceptors (Lipinski definition) is 4. The molecule has 0 aromatic carbocycles. The van der Waals surface area contributed by atoms with Gasteiger partial charge in [-0.15, -0.1) is 0 Å². The first-order valence-corrected chi connectivity index (χ1v) is 8.84. The predicted octanol–water partition coefficient (Wildman–Crippen LogP) is 2.76. The van der Waals surface area contributed by atoms with Crippen molar-refractivity contribution in [2.45, 2.75) is 59.3 Å². The van der Waals surface area contributed by atoms with Crippen LogP contribution in [-0.4, -0.2) is 49.3 Å². The van der Waals surface area contributed by atoms with E-state index in [1.54, 1.807) is 0 Å². The Morgan fingerprint density at radius 3 is 2.58 bits per heavy atom. The van der Waals surface area contributed by atoms with E-state index >= 15 is 0 Å². The van der Waals surface area contributed by atoms with Gasteiger partial charge in [0.15, 0.2) is 0 Å². The van der Waals surface area contributed by atoms with Crippen molar-refractivity contribution in [1.82, 2.24) is 15.5 Å². The van der Waals surface area contributed by atoms with Crippen LogP contribution in [0.25, 0.3) is 0 Å². The van der Waals surface area contributed by atoms with Crippen molar-refractivity contribution in [3.05, 3.63) is 23.2 Å². The van der Waals surface area contributed by atoms with Crippen molar-refractivity contribution >= 4 is 6.03 Å². The van der Waals surface area contributed by atoms with Gasteiger partial charge in [-0.3, -0.25) is 4.90 Å². The molecular weight excluding hydrogens is 306 g/mol. The van der Waals surface area contributed by atoms with Crippen molar-refractivity contribution in [2.75, 3.05) is 26.2 Å². The number of rotatable bonds is 6. The first kappa shape index (κ1) is 18.8. The Morgan fingerprint density at radius 2 is 2.00 bits per heavy atom. The first-order valence-electron chi connectivity index (χ1n) is 8.84. The van der Waals surface area contributed by atoms with E-state index in [-0.39, 0.29) is 24.3 Å². The highest BCUT2D eigenvalue weighted by molar-refractivity contribution is 5.74. The SMILES string of the molecule is Cc1cc([C@H](C)NC(=O)NCCCN2C[C@@H](C)O[C@H](C)C2)c(C)o1. The number of amides is 2. The minimum Gasteiger partial charge on any atom is -0.466 e. The Labute approximate surface area is 144 Å². The Bertz CT molecular complexity index is 534. The maximum Gasteiger partial charge on any atom is 0.315 e. The molecule has 1 saturated heterocycles. The number of morpholine rings is 1. The van der Waals surface area contributed by atoms with Gasteiger partial charge in [-0.25, -0.2) is 4.79 Å². The molecule has 6 heteroatoms. The van der Waals surface area contributed by atoms with E-state index in [0.717, 1.165) is 43.1 Å². The van der Waals surface area contributed by atoms with Crippen molar-refractivity contribution in [2.24, 2.45) is 0 Å². The summed E-state index contributed by atoms with van der Waals surface area (Å²) in [6.07, 6.45) is 1.51. The Balaban J connectivity index is 1.65. The van der Waals surface area contributed by atoms with Crippen LogP contribution in [0.1, 0.15) is 50.3 Å². The number of aryl methyl sites for hydroxylation is 2. The van der Waals surface area contributed by atoms with Crippen LogP contribution < -0.4 is 10.6 Å². The maximum absolute atomic E-state index is 12.0. The van der Waals surface area contributed by atoms with Crippen LogP contribution in [0, 0.1) is 13.8 Å². The molecule has 2 amide bonds. The molecule has 0 unspecified atom stereocenters. The van der Waals surface area contributed by atoms with E-state index in [1.165, 1.54) is 0 Å². The molecule has 0 saturated carbocycles. The lowest BCUT2D eigenvalue weighted by Gasteiger charge is -2.35. The third kappa shape index (κ3) is 5.53. The molecule has 24 heavy (non-hydrogen) atoms. The van der Waals surface area contributed by atoms with Crippen LogP contribution in [0.3, 0.4) is 0 Å². The molecule has 1 aromatic heterocycles. The molecule has 2 rings (SSSR count). The second kappa shape index (κ2) is 8.53. The molecule has 1 fully saturated rings. The lowest BCUT2D eigenvalue weighted by Crippen LogP contribution is -2.46. The summed E-state index contributed by atoms with van der Waals surface area (Å²) in [5, 5.41) is 5.89. The van der Waals surface area contributed by atoms with E-state index in [4.69, 9.17) is 9.15 Å². The number of carbonyl (C=O) groups is 1. The summed E-state index contributed by atoms with van der Waals surface area (Å²) < 4.78 is 11.2. The van der Waals surface area contributed by atoms with Gasteiger partial charge in [0.25, 0.3) is 0 Å². The molecule has 1 aliphatic heterocycles. The zero-order chi connectivity index (χ0) is 17.7. The van der Waals surface area contributed by atoms with E-state index in [2.05, 4.69) is 29.4 Å². The second-order valence-electron chi connectivity index (χ2n) is 6.86. The third-order valence-electron chi connectivity index (χ3n) is 4.33. The molecular formula is C18H31N3O3. The monoisotopic (exact) mass is 337 g/mol. The molecule has 1 aliphatic rings. The predicted molar refractivity (Wildman–Crippen MR) is 94.2 cm³/mol. The highest BCUT2D eigenvalue weighted by Gasteiger charge is 2.21. The van der Waals surface area contributed by atoms with Crippen LogP contribution in [0.2, 0.25) is 0 Å². The fraction of sp³-hybridized carbons (Fsp3) is 0.722. The van der Waals surface area contributed by atoms with E-state index in [0.29, 0.717) is 6.54 Å². The van der Waals surface area contributed by atoms with Crippen LogP contribution in [0.15, 0.2) is 10.5 Å². The Morgan fingerprint density at radius 1 is 1.33 bits per heavy atom. The van der Waals surface area contributed by atoms with Gasteiger partial charge in [-0.2, -0.15) is 0 Å². The van der Waals surface area contributed by atoms with Gasteiger partial charge < -0.3 is 19.8 Å². The minimum absolute atomic E-state index is 0.0663. The summed E-state index contributed by atoms with van der Waals surface area (Å²) >= 11 is 0. The fourth-order valence-corrected chi connectivity index (χ4v) is 3.38. The van der Waals surface area contributed by atoms with Crippen LogP contribution in [0.5, 0.6) is 0 Å². The Kier molecular flexibility index (Phi) is 6.69. The average Bonchev–Trinajstić information content (AvgIpc) is 2.81. The lowest BCUT2D eigenvalue weighted by molar-refractivity contribution is -0.0679.